The molecule has 2 amide bonds. The van der Waals surface area contributed by atoms with Crippen LogP contribution < -0.4 is 5.32 Å². The Morgan fingerprint density at radius 3 is 2.40 bits per heavy atom. The van der Waals surface area contributed by atoms with Crippen LogP contribution in [0.4, 0.5) is 5.69 Å². The van der Waals surface area contributed by atoms with E-state index >= 15 is 0 Å². The van der Waals surface area contributed by atoms with Crippen LogP contribution in [0.2, 0.25) is 10.0 Å². The minimum absolute atomic E-state index is 0.0818. The smallest absolute Gasteiger partial charge is 0.226 e. The average Bonchev–Trinajstić information content (AvgIpc) is 2.57. The van der Waals surface area contributed by atoms with E-state index in [-0.39, 0.29) is 18.2 Å². The number of nitrogens with zero attached hydrogens (tertiary/aromatic N) is 1. The van der Waals surface area contributed by atoms with E-state index in [0.29, 0.717) is 28.8 Å². The summed E-state index contributed by atoms with van der Waals surface area (Å²) in [6.45, 7) is 4.12. The average molecular weight is 379 g/mol. The highest BCUT2D eigenvalue weighted by molar-refractivity contribution is 6.31. The maximum absolute atomic E-state index is 12.2. The lowest BCUT2D eigenvalue weighted by molar-refractivity contribution is -0.129. The summed E-state index contributed by atoms with van der Waals surface area (Å²) in [5, 5.41) is 4.09. The van der Waals surface area contributed by atoms with Gasteiger partial charge < -0.3 is 10.2 Å². The van der Waals surface area contributed by atoms with E-state index < -0.39 is 0 Å². The number of hydrogen-bond acceptors (Lipinski definition) is 2. The van der Waals surface area contributed by atoms with Gasteiger partial charge >= 0.3 is 0 Å². The molecule has 1 N–H and O–H groups in total. The van der Waals surface area contributed by atoms with Crippen LogP contribution in [0.3, 0.4) is 0 Å². The van der Waals surface area contributed by atoms with Crippen LogP contribution in [0.1, 0.15) is 24.5 Å². The summed E-state index contributed by atoms with van der Waals surface area (Å²) in [6.07, 6.45) is 0.207. The zero-order chi connectivity index (χ0) is 18.4. The predicted molar refractivity (Wildman–Crippen MR) is 102 cm³/mol. The van der Waals surface area contributed by atoms with Gasteiger partial charge in [0.25, 0.3) is 0 Å². The lowest BCUT2D eigenvalue weighted by Gasteiger charge is -2.21. The van der Waals surface area contributed by atoms with Crippen LogP contribution in [-0.2, 0) is 16.1 Å². The number of carbonyl (C=O) groups is 2. The molecule has 132 valence electrons. The Morgan fingerprint density at radius 2 is 1.76 bits per heavy atom. The lowest BCUT2D eigenvalue weighted by Crippen LogP contribution is -2.31. The number of anilines is 1. The zero-order valence-corrected chi connectivity index (χ0v) is 15.7. The van der Waals surface area contributed by atoms with Gasteiger partial charge in [-0.3, -0.25) is 9.59 Å². The van der Waals surface area contributed by atoms with Crippen molar-refractivity contribution >= 4 is 40.7 Å². The number of nitrogens with one attached hydrogen (secondary N) is 1. The second kappa shape index (κ2) is 8.88. The van der Waals surface area contributed by atoms with Gasteiger partial charge in [0.05, 0.1) is 0 Å². The van der Waals surface area contributed by atoms with E-state index in [1.54, 1.807) is 35.2 Å². The standard InChI is InChI=1S/C19H20Cl2N2O2/c1-13-17(21)4-3-5-18(13)22-19(25)10-11-23(14(2)24)12-15-6-8-16(20)9-7-15/h3-9H,10-12H2,1-2H3,(H,22,25). The predicted octanol–water partition coefficient (Wildman–Crippen LogP) is 4.68. The molecule has 2 rings (SSSR count). The van der Waals surface area contributed by atoms with Gasteiger partial charge in [0, 0.05) is 42.2 Å². The number of benzene rings is 2. The van der Waals surface area contributed by atoms with Crippen molar-refractivity contribution in [3.05, 3.63) is 63.6 Å². The molecule has 25 heavy (non-hydrogen) atoms. The Kier molecular flexibility index (Phi) is 6.85. The summed E-state index contributed by atoms with van der Waals surface area (Å²) < 4.78 is 0. The van der Waals surface area contributed by atoms with Crippen LogP contribution in [0.25, 0.3) is 0 Å². The Morgan fingerprint density at radius 1 is 1.08 bits per heavy atom. The molecule has 0 fully saturated rings. The van der Waals surface area contributed by atoms with Crippen LogP contribution in [0.15, 0.2) is 42.5 Å². The van der Waals surface area contributed by atoms with Crippen LogP contribution in [0, 0.1) is 6.92 Å². The van der Waals surface area contributed by atoms with E-state index in [0.717, 1.165) is 11.1 Å². The molecule has 2 aromatic rings. The fraction of sp³-hybridized carbons (Fsp3) is 0.263. The normalized spacial score (nSPS) is 10.4. The number of hydrogen-bond donors (Lipinski definition) is 1. The Balaban J connectivity index is 1.94. The van der Waals surface area contributed by atoms with Crippen LogP contribution in [0.5, 0.6) is 0 Å². The maximum Gasteiger partial charge on any atom is 0.226 e. The lowest BCUT2D eigenvalue weighted by atomic mass is 10.2. The van der Waals surface area contributed by atoms with Gasteiger partial charge in [0.1, 0.15) is 0 Å². The molecule has 0 spiro atoms. The topological polar surface area (TPSA) is 49.4 Å². The van der Waals surface area contributed by atoms with Gasteiger partial charge in [-0.1, -0.05) is 41.4 Å². The van der Waals surface area contributed by atoms with Crippen molar-refractivity contribution < 1.29 is 9.59 Å². The molecule has 2 aromatic carbocycles. The van der Waals surface area contributed by atoms with Gasteiger partial charge in [0.2, 0.25) is 11.8 Å². The fourth-order valence-electron chi connectivity index (χ4n) is 2.35. The van der Waals surface area contributed by atoms with Crippen molar-refractivity contribution in [2.45, 2.75) is 26.8 Å². The van der Waals surface area contributed by atoms with Gasteiger partial charge in [0.15, 0.2) is 0 Å². The minimum atomic E-state index is -0.160. The summed E-state index contributed by atoms with van der Waals surface area (Å²) >= 11 is 11.9. The van der Waals surface area contributed by atoms with Crippen molar-refractivity contribution in [2.75, 3.05) is 11.9 Å². The second-order valence-electron chi connectivity index (χ2n) is 5.78. The van der Waals surface area contributed by atoms with E-state index in [9.17, 15) is 9.59 Å². The van der Waals surface area contributed by atoms with Crippen LogP contribution >= 0.6 is 23.2 Å². The third-order valence-corrected chi connectivity index (χ3v) is 4.54. The molecule has 6 heteroatoms. The Hall–Kier alpha value is -2.04. The maximum atomic E-state index is 12.2. The highest BCUT2D eigenvalue weighted by Gasteiger charge is 2.13. The molecule has 0 aromatic heterocycles. The third kappa shape index (κ3) is 5.76. The summed E-state index contributed by atoms with van der Waals surface area (Å²) in [7, 11) is 0. The number of rotatable bonds is 6. The molecule has 0 aliphatic carbocycles. The fourth-order valence-corrected chi connectivity index (χ4v) is 2.65. The van der Waals surface area contributed by atoms with Gasteiger partial charge in [-0.25, -0.2) is 0 Å². The molecule has 0 saturated carbocycles. The first kappa shape index (κ1) is 19.3. The number of amides is 2. The molecule has 0 aliphatic heterocycles. The molecule has 0 unspecified atom stereocenters. The van der Waals surface area contributed by atoms with Gasteiger partial charge in [-0.15, -0.1) is 0 Å². The van der Waals surface area contributed by atoms with Crippen molar-refractivity contribution in [1.29, 1.82) is 0 Å². The van der Waals surface area contributed by atoms with Gasteiger partial charge in [-0.05, 0) is 42.3 Å². The molecule has 4 nitrogen and oxygen atoms in total. The highest BCUT2D eigenvalue weighted by atomic mass is 35.5. The Labute approximate surface area is 157 Å². The SMILES string of the molecule is CC(=O)N(CCC(=O)Nc1cccc(Cl)c1C)Cc1ccc(Cl)cc1. The quantitative estimate of drug-likeness (QED) is 0.792. The van der Waals surface area contributed by atoms with E-state index in [4.69, 9.17) is 23.2 Å². The van der Waals surface area contributed by atoms with Crippen LogP contribution in [-0.4, -0.2) is 23.3 Å². The zero-order valence-electron chi connectivity index (χ0n) is 14.2. The number of halogens is 2. The van der Waals surface area contributed by atoms with Crippen molar-refractivity contribution in [3.63, 3.8) is 0 Å². The van der Waals surface area contributed by atoms with E-state index in [2.05, 4.69) is 5.32 Å². The summed E-state index contributed by atoms with van der Waals surface area (Å²) in [4.78, 5) is 25.7. The van der Waals surface area contributed by atoms with E-state index in [1.165, 1.54) is 6.92 Å². The first-order valence-electron chi connectivity index (χ1n) is 7.91. The molecular formula is C19H20Cl2N2O2. The summed E-state index contributed by atoms with van der Waals surface area (Å²) in [5.41, 5.74) is 2.47. The minimum Gasteiger partial charge on any atom is -0.338 e. The number of carbonyl (C=O) groups excluding carboxylic acids is 2. The molecule has 0 heterocycles. The highest BCUT2D eigenvalue weighted by Crippen LogP contribution is 2.23. The molecule has 0 aliphatic rings. The van der Waals surface area contributed by atoms with E-state index in [1.807, 2.05) is 19.1 Å². The molecule has 0 atom stereocenters. The first-order valence-corrected chi connectivity index (χ1v) is 8.67. The largest absolute Gasteiger partial charge is 0.338 e. The molecule has 0 radical (unpaired) electrons. The summed E-state index contributed by atoms with van der Waals surface area (Å²) in [5.74, 6) is -0.241. The van der Waals surface area contributed by atoms with Gasteiger partial charge in [-0.2, -0.15) is 0 Å². The van der Waals surface area contributed by atoms with Crippen molar-refractivity contribution in [1.82, 2.24) is 4.90 Å². The molecule has 0 saturated heterocycles. The van der Waals surface area contributed by atoms with Crippen molar-refractivity contribution in [2.24, 2.45) is 0 Å². The monoisotopic (exact) mass is 378 g/mol. The Bertz CT molecular complexity index is 761. The molecular weight excluding hydrogens is 359 g/mol. The molecule has 0 bridgehead atoms. The van der Waals surface area contributed by atoms with Crippen molar-refractivity contribution in [3.8, 4) is 0 Å². The third-order valence-electron chi connectivity index (χ3n) is 3.88. The summed E-state index contributed by atoms with van der Waals surface area (Å²) in [6, 6.07) is 12.7. The second-order valence-corrected chi connectivity index (χ2v) is 6.62. The first-order chi connectivity index (χ1) is 11.9.